The minimum atomic E-state index is -0.394. The zero-order chi connectivity index (χ0) is 16.3. The molecule has 0 aromatic carbocycles. The normalized spacial score (nSPS) is 15.0. The van der Waals surface area contributed by atoms with E-state index in [1.165, 1.54) is 0 Å². The van der Waals surface area contributed by atoms with Gasteiger partial charge in [0, 0.05) is 18.0 Å². The van der Waals surface area contributed by atoms with Crippen molar-refractivity contribution in [2.75, 3.05) is 13.6 Å². The van der Waals surface area contributed by atoms with Crippen LogP contribution >= 0.6 is 0 Å². The van der Waals surface area contributed by atoms with Gasteiger partial charge in [-0.25, -0.2) is 0 Å². The summed E-state index contributed by atoms with van der Waals surface area (Å²) in [5.41, 5.74) is -0.193. The second-order valence-corrected chi connectivity index (χ2v) is 6.25. The number of nitrogens with one attached hydrogen (secondary N) is 1. The zero-order valence-electron chi connectivity index (χ0n) is 14.4. The number of aromatic nitrogens is 1. The number of likely N-dealkylation sites (N-methyl/N-ethyl adjacent to an activating group) is 1. The van der Waals surface area contributed by atoms with Crippen LogP contribution in [0.2, 0.25) is 0 Å². The first-order valence-electron chi connectivity index (χ1n) is 7.71. The van der Waals surface area contributed by atoms with Crippen LogP contribution in [0, 0.1) is 0 Å². The molecule has 0 radical (unpaired) electrons. The van der Waals surface area contributed by atoms with Crippen molar-refractivity contribution < 1.29 is 9.32 Å². The van der Waals surface area contributed by atoms with Crippen LogP contribution < -0.4 is 5.32 Å². The summed E-state index contributed by atoms with van der Waals surface area (Å²) in [6.45, 7) is 13.5. The first-order valence-corrected chi connectivity index (χ1v) is 7.71. The van der Waals surface area contributed by atoms with Gasteiger partial charge in [-0.3, -0.25) is 9.69 Å². The van der Waals surface area contributed by atoms with Crippen molar-refractivity contribution in [3.8, 4) is 0 Å². The fourth-order valence-electron chi connectivity index (χ4n) is 2.61. The third-order valence-electron chi connectivity index (χ3n) is 4.92. The van der Waals surface area contributed by atoms with Gasteiger partial charge in [0.1, 0.15) is 5.76 Å². The first-order chi connectivity index (χ1) is 9.71. The van der Waals surface area contributed by atoms with E-state index in [2.05, 4.69) is 57.0 Å². The van der Waals surface area contributed by atoms with Gasteiger partial charge in [-0.15, -0.1) is 0 Å². The van der Waals surface area contributed by atoms with Gasteiger partial charge in [0.25, 0.3) is 5.91 Å². The molecule has 0 aliphatic carbocycles. The summed E-state index contributed by atoms with van der Waals surface area (Å²) < 4.78 is 5.11. The molecule has 0 aliphatic heterocycles. The molecule has 0 aliphatic rings. The molecule has 1 aromatic rings. The number of nitrogens with zero attached hydrogens (tertiary/aromatic N) is 2. The molecule has 5 heteroatoms. The number of aryl methyl sites for hydroxylation is 1. The van der Waals surface area contributed by atoms with E-state index in [9.17, 15) is 4.79 Å². The smallest absolute Gasteiger partial charge is 0.273 e. The van der Waals surface area contributed by atoms with Gasteiger partial charge in [-0.1, -0.05) is 25.9 Å². The number of amides is 1. The molecule has 0 saturated carbocycles. The van der Waals surface area contributed by atoms with Crippen LogP contribution in [0.3, 0.4) is 0 Å². The topological polar surface area (TPSA) is 58.4 Å². The Hall–Kier alpha value is -1.36. The lowest BCUT2D eigenvalue weighted by molar-refractivity contribution is 0.0406. The van der Waals surface area contributed by atoms with E-state index in [-0.39, 0.29) is 11.4 Å². The van der Waals surface area contributed by atoms with Crippen molar-refractivity contribution in [1.82, 2.24) is 15.4 Å². The van der Waals surface area contributed by atoms with E-state index in [0.29, 0.717) is 5.69 Å². The van der Waals surface area contributed by atoms with Crippen molar-refractivity contribution in [2.45, 2.75) is 65.5 Å². The van der Waals surface area contributed by atoms with Gasteiger partial charge < -0.3 is 9.84 Å². The summed E-state index contributed by atoms with van der Waals surface area (Å²) in [6.07, 6.45) is 1.67. The van der Waals surface area contributed by atoms with Gasteiger partial charge in [0.05, 0.1) is 5.54 Å². The van der Waals surface area contributed by atoms with Crippen LogP contribution in [0.1, 0.15) is 64.2 Å². The second kappa shape index (κ2) is 6.60. The molecule has 1 atom stereocenters. The Labute approximate surface area is 128 Å². The van der Waals surface area contributed by atoms with Crippen molar-refractivity contribution in [3.05, 3.63) is 17.5 Å². The number of carbonyl (C=O) groups is 1. The first kappa shape index (κ1) is 17.7. The highest BCUT2D eigenvalue weighted by Crippen LogP contribution is 2.31. The Balaban J connectivity index is 2.94. The largest absolute Gasteiger partial charge is 0.361 e. The summed E-state index contributed by atoms with van der Waals surface area (Å²) in [5.74, 6) is 0.537. The monoisotopic (exact) mass is 295 g/mol. The fraction of sp³-hybridized carbons (Fsp3) is 0.750. The molecule has 0 saturated heterocycles. The van der Waals surface area contributed by atoms with E-state index >= 15 is 0 Å². The number of rotatable bonds is 7. The molecule has 1 rings (SSSR count). The Morgan fingerprint density at radius 1 is 1.33 bits per heavy atom. The third kappa shape index (κ3) is 3.46. The molecule has 1 heterocycles. The van der Waals surface area contributed by atoms with Crippen molar-refractivity contribution in [3.63, 3.8) is 0 Å². The molecular formula is C16H29N3O2. The number of hydrogen-bond acceptors (Lipinski definition) is 4. The molecule has 0 bridgehead atoms. The molecular weight excluding hydrogens is 266 g/mol. The Morgan fingerprint density at radius 3 is 2.38 bits per heavy atom. The Morgan fingerprint density at radius 2 is 1.95 bits per heavy atom. The highest BCUT2D eigenvalue weighted by atomic mass is 16.5. The summed E-state index contributed by atoms with van der Waals surface area (Å²) >= 11 is 0. The van der Waals surface area contributed by atoms with E-state index in [4.69, 9.17) is 4.52 Å². The molecule has 1 unspecified atom stereocenters. The molecule has 1 amide bonds. The van der Waals surface area contributed by atoms with Crippen LogP contribution in [0.25, 0.3) is 0 Å². The number of carbonyl (C=O) groups excluding carboxylic acids is 1. The zero-order valence-corrected chi connectivity index (χ0v) is 14.4. The van der Waals surface area contributed by atoms with Gasteiger partial charge in [0.15, 0.2) is 5.69 Å². The summed E-state index contributed by atoms with van der Waals surface area (Å²) in [6, 6.07) is 1.71. The van der Waals surface area contributed by atoms with Crippen molar-refractivity contribution in [2.24, 2.45) is 0 Å². The van der Waals surface area contributed by atoms with E-state index in [1.54, 1.807) is 6.07 Å². The average molecular weight is 295 g/mol. The SMILES string of the molecule is CCc1cc(C(=O)NC(C)(C)C(C)(CC)N(C)CC)no1. The lowest BCUT2D eigenvalue weighted by Gasteiger charge is -2.50. The quantitative estimate of drug-likeness (QED) is 0.840. The summed E-state index contributed by atoms with van der Waals surface area (Å²) in [5, 5.41) is 6.96. The van der Waals surface area contributed by atoms with Crippen molar-refractivity contribution >= 4 is 5.91 Å². The molecule has 1 aromatic heterocycles. The second-order valence-electron chi connectivity index (χ2n) is 6.25. The molecule has 1 N–H and O–H groups in total. The van der Waals surface area contributed by atoms with Crippen molar-refractivity contribution in [1.29, 1.82) is 0 Å². The predicted octanol–water partition coefficient (Wildman–Crippen LogP) is 2.87. The van der Waals surface area contributed by atoms with Crippen LogP contribution in [0.4, 0.5) is 0 Å². The van der Waals surface area contributed by atoms with Gasteiger partial charge >= 0.3 is 0 Å². The van der Waals surface area contributed by atoms with Crippen LogP contribution in [-0.4, -0.2) is 40.6 Å². The maximum atomic E-state index is 12.4. The maximum Gasteiger partial charge on any atom is 0.273 e. The minimum Gasteiger partial charge on any atom is -0.361 e. The maximum absolute atomic E-state index is 12.4. The van der Waals surface area contributed by atoms with Crippen LogP contribution in [0.5, 0.6) is 0 Å². The average Bonchev–Trinajstić information content (AvgIpc) is 2.93. The lowest BCUT2D eigenvalue weighted by atomic mass is 9.77. The molecule has 120 valence electrons. The minimum absolute atomic E-state index is 0.144. The lowest BCUT2D eigenvalue weighted by Crippen LogP contribution is -2.65. The highest BCUT2D eigenvalue weighted by Gasteiger charge is 2.43. The number of hydrogen-bond donors (Lipinski definition) is 1. The van der Waals surface area contributed by atoms with Gasteiger partial charge in [-0.05, 0) is 40.8 Å². The van der Waals surface area contributed by atoms with E-state index in [0.717, 1.165) is 25.1 Å². The fourth-order valence-corrected chi connectivity index (χ4v) is 2.61. The predicted molar refractivity (Wildman–Crippen MR) is 84.4 cm³/mol. The summed E-state index contributed by atoms with van der Waals surface area (Å²) in [4.78, 5) is 14.7. The van der Waals surface area contributed by atoms with E-state index < -0.39 is 5.54 Å². The standard InChI is InChI=1S/C16H29N3O2/c1-8-12-11-13(18-21-12)14(20)17-15(4,5)16(6,9-2)19(7)10-3/h11H,8-10H2,1-7H3,(H,17,20). The molecule has 5 nitrogen and oxygen atoms in total. The molecule has 0 fully saturated rings. The van der Waals surface area contributed by atoms with Crippen LogP contribution in [-0.2, 0) is 6.42 Å². The van der Waals surface area contributed by atoms with Gasteiger partial charge in [0.2, 0.25) is 0 Å². The highest BCUT2D eigenvalue weighted by molar-refractivity contribution is 5.92. The molecule has 0 spiro atoms. The Bertz CT molecular complexity index is 482. The van der Waals surface area contributed by atoms with Crippen LogP contribution in [0.15, 0.2) is 10.6 Å². The van der Waals surface area contributed by atoms with Gasteiger partial charge in [-0.2, -0.15) is 0 Å². The third-order valence-corrected chi connectivity index (χ3v) is 4.92. The molecule has 21 heavy (non-hydrogen) atoms. The van der Waals surface area contributed by atoms with E-state index in [1.807, 2.05) is 6.92 Å². The Kier molecular flexibility index (Phi) is 5.56. The summed E-state index contributed by atoms with van der Waals surface area (Å²) in [7, 11) is 2.09.